The van der Waals surface area contributed by atoms with E-state index in [1.807, 2.05) is 36.4 Å². The van der Waals surface area contributed by atoms with Crippen molar-refractivity contribution in [2.45, 2.75) is 13.0 Å². The molecule has 0 saturated heterocycles. The predicted molar refractivity (Wildman–Crippen MR) is 61.1 cm³/mol. The maximum Gasteiger partial charge on any atom is 0.125 e. The number of aliphatic hydroxyl groups is 1. The zero-order chi connectivity index (χ0) is 10.8. The molecule has 1 unspecified atom stereocenters. The first-order valence-electron chi connectivity index (χ1n) is 4.97. The molecule has 0 amide bonds. The Morgan fingerprint density at radius 3 is 2.27 bits per heavy atom. The second-order valence-electron chi connectivity index (χ2n) is 3.62. The second-order valence-corrected chi connectivity index (χ2v) is 3.62. The molecule has 0 aliphatic carbocycles. The highest BCUT2D eigenvalue weighted by atomic mass is 16.5. The number of hydrogen-bond donors (Lipinski definition) is 1. The van der Waals surface area contributed by atoms with Crippen molar-refractivity contribution in [2.75, 3.05) is 7.11 Å². The molecule has 0 fully saturated rings. The first kappa shape index (κ1) is 9.99. The molecular formula is C13H14O2. The van der Waals surface area contributed by atoms with Gasteiger partial charge in [0.2, 0.25) is 0 Å². The normalized spacial score (nSPS) is 12.7. The standard InChI is InChI=1S/C13H14O2/c1-9(14)12-7-10-5-3-4-6-11(10)8-13(12)15-2/h3-9,14H,1-2H3. The van der Waals surface area contributed by atoms with E-state index < -0.39 is 6.10 Å². The van der Waals surface area contributed by atoms with Gasteiger partial charge in [-0.25, -0.2) is 0 Å². The summed E-state index contributed by atoms with van der Waals surface area (Å²) in [5.74, 6) is 0.740. The minimum absolute atomic E-state index is 0.510. The van der Waals surface area contributed by atoms with Gasteiger partial charge < -0.3 is 9.84 Å². The van der Waals surface area contributed by atoms with Crippen molar-refractivity contribution < 1.29 is 9.84 Å². The van der Waals surface area contributed by atoms with Gasteiger partial charge in [0.1, 0.15) is 5.75 Å². The Labute approximate surface area is 89.1 Å². The smallest absolute Gasteiger partial charge is 0.125 e. The number of methoxy groups -OCH3 is 1. The fraction of sp³-hybridized carbons (Fsp3) is 0.231. The van der Waals surface area contributed by atoms with Crippen molar-refractivity contribution in [3.63, 3.8) is 0 Å². The molecule has 0 saturated carbocycles. The number of ether oxygens (including phenoxy) is 1. The van der Waals surface area contributed by atoms with E-state index in [1.54, 1.807) is 14.0 Å². The van der Waals surface area contributed by atoms with Crippen molar-refractivity contribution in [1.29, 1.82) is 0 Å². The lowest BCUT2D eigenvalue weighted by Gasteiger charge is -2.12. The van der Waals surface area contributed by atoms with Crippen molar-refractivity contribution in [3.05, 3.63) is 42.0 Å². The van der Waals surface area contributed by atoms with Gasteiger partial charge in [-0.15, -0.1) is 0 Å². The second kappa shape index (κ2) is 3.91. The van der Waals surface area contributed by atoms with Gasteiger partial charge >= 0.3 is 0 Å². The molecule has 2 aromatic rings. The molecule has 2 rings (SSSR count). The Bertz CT molecular complexity index is 475. The van der Waals surface area contributed by atoms with Crippen LogP contribution in [0.5, 0.6) is 5.75 Å². The Kier molecular flexibility index (Phi) is 2.60. The Morgan fingerprint density at radius 2 is 1.73 bits per heavy atom. The molecule has 0 radical (unpaired) electrons. The van der Waals surface area contributed by atoms with Crippen LogP contribution in [-0.4, -0.2) is 12.2 Å². The van der Waals surface area contributed by atoms with E-state index in [1.165, 1.54) is 0 Å². The molecule has 78 valence electrons. The molecule has 1 atom stereocenters. The van der Waals surface area contributed by atoms with Gasteiger partial charge in [0.25, 0.3) is 0 Å². The van der Waals surface area contributed by atoms with Crippen LogP contribution in [-0.2, 0) is 0 Å². The molecule has 2 heteroatoms. The molecule has 2 nitrogen and oxygen atoms in total. The summed E-state index contributed by atoms with van der Waals surface area (Å²) in [5.41, 5.74) is 0.830. The van der Waals surface area contributed by atoms with Gasteiger partial charge in [0.05, 0.1) is 13.2 Å². The minimum Gasteiger partial charge on any atom is -0.496 e. The Morgan fingerprint density at radius 1 is 1.13 bits per heavy atom. The highest BCUT2D eigenvalue weighted by Gasteiger charge is 2.09. The van der Waals surface area contributed by atoms with E-state index in [2.05, 4.69) is 0 Å². The van der Waals surface area contributed by atoms with E-state index in [0.717, 1.165) is 22.1 Å². The summed E-state index contributed by atoms with van der Waals surface area (Å²) in [5, 5.41) is 11.9. The maximum atomic E-state index is 9.62. The Hall–Kier alpha value is -1.54. The number of aliphatic hydroxyl groups excluding tert-OH is 1. The molecule has 15 heavy (non-hydrogen) atoms. The summed E-state index contributed by atoms with van der Waals surface area (Å²) >= 11 is 0. The molecular weight excluding hydrogens is 188 g/mol. The maximum absolute atomic E-state index is 9.62. The third kappa shape index (κ3) is 1.81. The number of rotatable bonds is 2. The minimum atomic E-state index is -0.510. The monoisotopic (exact) mass is 202 g/mol. The van der Waals surface area contributed by atoms with Crippen molar-refractivity contribution >= 4 is 10.8 Å². The van der Waals surface area contributed by atoms with Crippen molar-refractivity contribution in [2.24, 2.45) is 0 Å². The molecule has 0 aliphatic rings. The van der Waals surface area contributed by atoms with Crippen LogP contribution >= 0.6 is 0 Å². The number of hydrogen-bond acceptors (Lipinski definition) is 2. The molecule has 1 N–H and O–H groups in total. The van der Waals surface area contributed by atoms with Gasteiger partial charge in [-0.05, 0) is 29.8 Å². The zero-order valence-electron chi connectivity index (χ0n) is 8.90. The third-order valence-corrected chi connectivity index (χ3v) is 2.55. The van der Waals surface area contributed by atoms with Gasteiger partial charge in [0, 0.05) is 5.56 Å². The first-order chi connectivity index (χ1) is 7.22. The van der Waals surface area contributed by atoms with E-state index in [4.69, 9.17) is 4.74 Å². The van der Waals surface area contributed by atoms with Gasteiger partial charge in [-0.3, -0.25) is 0 Å². The van der Waals surface area contributed by atoms with E-state index in [-0.39, 0.29) is 0 Å². The van der Waals surface area contributed by atoms with E-state index in [9.17, 15) is 5.11 Å². The largest absolute Gasteiger partial charge is 0.496 e. The lowest BCUT2D eigenvalue weighted by atomic mass is 10.0. The summed E-state index contributed by atoms with van der Waals surface area (Å²) in [6.45, 7) is 1.74. The van der Waals surface area contributed by atoms with Crippen LogP contribution in [0.4, 0.5) is 0 Å². The molecule has 2 aromatic carbocycles. The van der Waals surface area contributed by atoms with Crippen LogP contribution in [0.25, 0.3) is 10.8 Å². The molecule has 0 spiro atoms. The average Bonchev–Trinajstić information content (AvgIpc) is 2.27. The lowest BCUT2D eigenvalue weighted by Crippen LogP contribution is -1.96. The third-order valence-electron chi connectivity index (χ3n) is 2.55. The van der Waals surface area contributed by atoms with Gasteiger partial charge in [0.15, 0.2) is 0 Å². The lowest BCUT2D eigenvalue weighted by molar-refractivity contribution is 0.194. The van der Waals surface area contributed by atoms with Gasteiger partial charge in [-0.1, -0.05) is 24.3 Å². The van der Waals surface area contributed by atoms with Crippen LogP contribution in [0.15, 0.2) is 36.4 Å². The SMILES string of the molecule is COc1cc2ccccc2cc1C(C)O. The van der Waals surface area contributed by atoms with Crippen LogP contribution in [0.1, 0.15) is 18.6 Å². The quantitative estimate of drug-likeness (QED) is 0.811. The van der Waals surface area contributed by atoms with E-state index in [0.29, 0.717) is 0 Å². The molecule has 0 bridgehead atoms. The number of benzene rings is 2. The topological polar surface area (TPSA) is 29.5 Å². The van der Waals surface area contributed by atoms with E-state index >= 15 is 0 Å². The predicted octanol–water partition coefficient (Wildman–Crippen LogP) is 2.90. The highest BCUT2D eigenvalue weighted by molar-refractivity contribution is 5.85. The zero-order valence-corrected chi connectivity index (χ0v) is 8.90. The summed E-state index contributed by atoms with van der Waals surface area (Å²) in [6, 6.07) is 12.0. The van der Waals surface area contributed by atoms with Crippen LogP contribution < -0.4 is 4.74 Å². The fourth-order valence-corrected chi connectivity index (χ4v) is 1.74. The van der Waals surface area contributed by atoms with Gasteiger partial charge in [-0.2, -0.15) is 0 Å². The van der Waals surface area contributed by atoms with Crippen LogP contribution in [0.3, 0.4) is 0 Å². The fourth-order valence-electron chi connectivity index (χ4n) is 1.74. The summed E-state index contributed by atoms with van der Waals surface area (Å²) in [7, 11) is 1.62. The molecule has 0 aliphatic heterocycles. The number of fused-ring (bicyclic) bond motifs is 1. The Balaban J connectivity index is 2.69. The van der Waals surface area contributed by atoms with Crippen LogP contribution in [0.2, 0.25) is 0 Å². The van der Waals surface area contributed by atoms with Crippen LogP contribution in [0, 0.1) is 0 Å². The first-order valence-corrected chi connectivity index (χ1v) is 4.97. The highest BCUT2D eigenvalue weighted by Crippen LogP contribution is 2.30. The molecule has 0 aromatic heterocycles. The summed E-state index contributed by atoms with van der Waals surface area (Å²) < 4.78 is 5.25. The summed E-state index contributed by atoms with van der Waals surface area (Å²) in [6.07, 6.45) is -0.510. The van der Waals surface area contributed by atoms with Crippen molar-refractivity contribution in [1.82, 2.24) is 0 Å². The molecule has 0 heterocycles. The van der Waals surface area contributed by atoms with Crippen molar-refractivity contribution in [3.8, 4) is 5.75 Å². The average molecular weight is 202 g/mol. The summed E-state index contributed by atoms with van der Waals surface area (Å²) in [4.78, 5) is 0.